The molecule has 1 atom stereocenters. The number of fused-ring (bicyclic) bond motifs is 1. The van der Waals surface area contributed by atoms with Crippen LogP contribution in [0.1, 0.15) is 36.7 Å². The zero-order valence-corrected chi connectivity index (χ0v) is 15.2. The Bertz CT molecular complexity index is 822. The van der Waals surface area contributed by atoms with Gasteiger partial charge < -0.3 is 10.2 Å². The quantitative estimate of drug-likeness (QED) is 0.834. The molecule has 0 bridgehead atoms. The van der Waals surface area contributed by atoms with Crippen molar-refractivity contribution in [2.75, 3.05) is 20.6 Å². The molecule has 0 aliphatic heterocycles. The summed E-state index contributed by atoms with van der Waals surface area (Å²) >= 11 is 0. The molecule has 1 amide bonds. The maximum atomic E-state index is 12.8. The number of hydrogen-bond acceptors (Lipinski definition) is 4. The fourth-order valence-electron chi connectivity index (χ4n) is 3.30. The van der Waals surface area contributed by atoms with Gasteiger partial charge in [-0.2, -0.15) is 5.10 Å². The van der Waals surface area contributed by atoms with Crippen LogP contribution in [-0.4, -0.2) is 47.3 Å². The van der Waals surface area contributed by atoms with Gasteiger partial charge in [-0.3, -0.25) is 9.59 Å². The van der Waals surface area contributed by atoms with Crippen LogP contribution < -0.4 is 10.9 Å². The molecule has 1 saturated carbocycles. The van der Waals surface area contributed by atoms with Crippen LogP contribution in [0.4, 0.5) is 0 Å². The van der Waals surface area contributed by atoms with E-state index in [1.165, 1.54) is 17.5 Å². The average molecular weight is 342 g/mol. The predicted octanol–water partition coefficient (Wildman–Crippen LogP) is 1.88. The number of carbonyl (C=O) groups is 1. The molecular formula is C19H26N4O2. The highest BCUT2D eigenvalue weighted by Gasteiger charge is 2.33. The van der Waals surface area contributed by atoms with Crippen molar-refractivity contribution in [2.45, 2.75) is 38.8 Å². The van der Waals surface area contributed by atoms with Gasteiger partial charge in [0.25, 0.3) is 11.5 Å². The lowest BCUT2D eigenvalue weighted by molar-refractivity contribution is 0.0933. The third-order valence-electron chi connectivity index (χ3n) is 4.82. The summed E-state index contributed by atoms with van der Waals surface area (Å²) in [7, 11) is 4.09. The first-order valence-electron chi connectivity index (χ1n) is 8.97. The van der Waals surface area contributed by atoms with Crippen molar-refractivity contribution in [3.05, 3.63) is 40.3 Å². The first-order chi connectivity index (χ1) is 12.0. The Morgan fingerprint density at radius 3 is 2.60 bits per heavy atom. The first kappa shape index (κ1) is 17.6. The minimum absolute atomic E-state index is 0.141. The summed E-state index contributed by atoms with van der Waals surface area (Å²) in [5.74, 6) is 0.447. The van der Waals surface area contributed by atoms with Gasteiger partial charge in [0.05, 0.1) is 5.39 Å². The van der Waals surface area contributed by atoms with E-state index < -0.39 is 0 Å². The Balaban J connectivity index is 1.89. The van der Waals surface area contributed by atoms with Gasteiger partial charge in [-0.15, -0.1) is 0 Å². The van der Waals surface area contributed by atoms with Gasteiger partial charge in [0.1, 0.15) is 0 Å². The number of nitrogens with one attached hydrogen (secondary N) is 1. The molecule has 25 heavy (non-hydrogen) atoms. The molecule has 2 aromatic rings. The summed E-state index contributed by atoms with van der Waals surface area (Å²) in [5, 5.41) is 8.54. The smallest absolute Gasteiger partial charge is 0.274 e. The summed E-state index contributed by atoms with van der Waals surface area (Å²) in [6.07, 6.45) is 3.24. The predicted molar refractivity (Wildman–Crippen MR) is 98.8 cm³/mol. The fourth-order valence-corrected chi connectivity index (χ4v) is 3.30. The molecule has 0 saturated heterocycles. The van der Waals surface area contributed by atoms with E-state index in [4.69, 9.17) is 0 Å². The number of carbonyl (C=O) groups excluding carboxylic acids is 1. The second kappa shape index (κ2) is 7.35. The van der Waals surface area contributed by atoms with Crippen molar-refractivity contribution < 1.29 is 4.79 Å². The number of likely N-dealkylation sites (N-methyl/N-ethyl adjacent to an activating group) is 1. The van der Waals surface area contributed by atoms with Crippen LogP contribution in [0.5, 0.6) is 0 Å². The van der Waals surface area contributed by atoms with E-state index in [1.54, 1.807) is 12.1 Å². The fraction of sp³-hybridized carbons (Fsp3) is 0.526. The van der Waals surface area contributed by atoms with Crippen molar-refractivity contribution in [1.29, 1.82) is 0 Å². The largest absolute Gasteiger partial charge is 0.349 e. The standard InChI is InChI=1S/C19H26N4O2/c1-4-11-23-19(25)15-8-6-5-7-14(15)17(21-23)18(24)20-12-16(22(2)3)13-9-10-13/h5-8,13,16H,4,9-12H2,1-3H3,(H,20,24)/t16-/m0/s1. The monoisotopic (exact) mass is 342 g/mol. The Kier molecular flexibility index (Phi) is 5.18. The van der Waals surface area contributed by atoms with Gasteiger partial charge in [-0.05, 0) is 45.3 Å². The maximum absolute atomic E-state index is 12.8. The van der Waals surface area contributed by atoms with E-state index >= 15 is 0 Å². The number of benzene rings is 1. The van der Waals surface area contributed by atoms with Gasteiger partial charge in [0.2, 0.25) is 0 Å². The summed E-state index contributed by atoms with van der Waals surface area (Å²) in [6.45, 7) is 3.09. The van der Waals surface area contributed by atoms with E-state index in [0.29, 0.717) is 41.5 Å². The van der Waals surface area contributed by atoms with E-state index in [9.17, 15) is 9.59 Å². The van der Waals surface area contributed by atoms with E-state index in [0.717, 1.165) is 6.42 Å². The van der Waals surface area contributed by atoms with Crippen molar-refractivity contribution >= 4 is 16.7 Å². The summed E-state index contributed by atoms with van der Waals surface area (Å²) in [4.78, 5) is 27.5. The summed E-state index contributed by atoms with van der Waals surface area (Å²) in [5.41, 5.74) is 0.190. The molecule has 1 aromatic carbocycles. The van der Waals surface area contributed by atoms with Crippen LogP contribution in [-0.2, 0) is 6.54 Å². The molecule has 1 N–H and O–H groups in total. The topological polar surface area (TPSA) is 67.2 Å². The van der Waals surface area contributed by atoms with Gasteiger partial charge in [0, 0.05) is 24.5 Å². The molecule has 1 aliphatic rings. The summed E-state index contributed by atoms with van der Waals surface area (Å²) in [6, 6.07) is 7.54. The lowest BCUT2D eigenvalue weighted by Crippen LogP contribution is -2.42. The SMILES string of the molecule is CCCn1nc(C(=O)NC[C@@H](C2CC2)N(C)C)c2ccccc2c1=O. The molecule has 0 radical (unpaired) electrons. The van der Waals surface area contributed by atoms with E-state index in [1.807, 2.05) is 33.2 Å². The van der Waals surface area contributed by atoms with Gasteiger partial charge in [0.15, 0.2) is 5.69 Å². The molecule has 134 valence electrons. The lowest BCUT2D eigenvalue weighted by atomic mass is 10.1. The molecule has 0 spiro atoms. The average Bonchev–Trinajstić information content (AvgIpc) is 3.42. The van der Waals surface area contributed by atoms with Crippen molar-refractivity contribution in [2.24, 2.45) is 5.92 Å². The van der Waals surface area contributed by atoms with Crippen LogP contribution in [0.15, 0.2) is 29.1 Å². The van der Waals surface area contributed by atoms with Gasteiger partial charge in [-0.1, -0.05) is 25.1 Å². The van der Waals surface area contributed by atoms with Crippen LogP contribution in [0.25, 0.3) is 10.8 Å². The second-order valence-electron chi connectivity index (χ2n) is 7.00. The molecule has 6 heteroatoms. The van der Waals surface area contributed by atoms with E-state index in [2.05, 4.69) is 15.3 Å². The van der Waals surface area contributed by atoms with Crippen molar-refractivity contribution in [1.82, 2.24) is 20.0 Å². The van der Waals surface area contributed by atoms with Gasteiger partial charge >= 0.3 is 0 Å². The minimum Gasteiger partial charge on any atom is -0.349 e. The van der Waals surface area contributed by atoms with Crippen LogP contribution in [0.2, 0.25) is 0 Å². The minimum atomic E-state index is -0.214. The molecule has 0 unspecified atom stereocenters. The lowest BCUT2D eigenvalue weighted by Gasteiger charge is -2.24. The number of amides is 1. The Morgan fingerprint density at radius 2 is 2.00 bits per heavy atom. The van der Waals surface area contributed by atoms with Crippen molar-refractivity contribution in [3.63, 3.8) is 0 Å². The third kappa shape index (κ3) is 3.74. The van der Waals surface area contributed by atoms with E-state index in [-0.39, 0.29) is 11.5 Å². The Labute approximate surface area is 147 Å². The number of hydrogen-bond donors (Lipinski definition) is 1. The molecular weight excluding hydrogens is 316 g/mol. The normalized spacial score (nSPS) is 15.5. The highest BCUT2D eigenvalue weighted by molar-refractivity contribution is 6.04. The second-order valence-corrected chi connectivity index (χ2v) is 7.00. The molecule has 1 aromatic heterocycles. The number of aryl methyl sites for hydroxylation is 1. The number of aromatic nitrogens is 2. The number of nitrogens with zero attached hydrogens (tertiary/aromatic N) is 3. The summed E-state index contributed by atoms with van der Waals surface area (Å²) < 4.78 is 1.40. The van der Waals surface area contributed by atoms with Crippen LogP contribution in [0, 0.1) is 5.92 Å². The molecule has 1 heterocycles. The third-order valence-corrected chi connectivity index (χ3v) is 4.82. The zero-order valence-electron chi connectivity index (χ0n) is 15.2. The molecule has 1 fully saturated rings. The highest BCUT2D eigenvalue weighted by Crippen LogP contribution is 2.34. The van der Waals surface area contributed by atoms with Gasteiger partial charge in [-0.25, -0.2) is 4.68 Å². The molecule has 6 nitrogen and oxygen atoms in total. The highest BCUT2D eigenvalue weighted by atomic mass is 16.2. The zero-order chi connectivity index (χ0) is 18.0. The van der Waals surface area contributed by atoms with Crippen LogP contribution >= 0.6 is 0 Å². The molecule has 3 rings (SSSR count). The Morgan fingerprint density at radius 1 is 1.32 bits per heavy atom. The van der Waals surface area contributed by atoms with Crippen molar-refractivity contribution in [3.8, 4) is 0 Å². The Hall–Kier alpha value is -2.21. The first-order valence-corrected chi connectivity index (χ1v) is 8.97. The molecule has 1 aliphatic carbocycles. The maximum Gasteiger partial charge on any atom is 0.274 e. The number of rotatable bonds is 7. The van der Waals surface area contributed by atoms with Crippen LogP contribution in [0.3, 0.4) is 0 Å².